The molecule has 1 unspecified atom stereocenters. The molecule has 1 atom stereocenters. The molecule has 5 heteroatoms. The minimum Gasteiger partial charge on any atom is -0.497 e. The largest absolute Gasteiger partial charge is 0.497 e. The first-order valence-electron chi connectivity index (χ1n) is 7.83. The monoisotopic (exact) mass is 326 g/mol. The van der Waals surface area contributed by atoms with Crippen molar-refractivity contribution >= 4 is 18.3 Å². The molecule has 22 heavy (non-hydrogen) atoms. The Labute approximate surface area is 139 Å². The van der Waals surface area contributed by atoms with Gasteiger partial charge in [-0.05, 0) is 62.9 Å². The second-order valence-electron chi connectivity index (χ2n) is 5.80. The number of methoxy groups -OCH3 is 1. The van der Waals surface area contributed by atoms with Gasteiger partial charge in [-0.2, -0.15) is 0 Å². The topological polar surface area (TPSA) is 50.4 Å². The van der Waals surface area contributed by atoms with Crippen LogP contribution in [0.5, 0.6) is 5.75 Å². The van der Waals surface area contributed by atoms with Crippen molar-refractivity contribution in [2.45, 2.75) is 38.6 Å². The summed E-state index contributed by atoms with van der Waals surface area (Å²) >= 11 is 0. The second-order valence-corrected chi connectivity index (χ2v) is 5.80. The van der Waals surface area contributed by atoms with Gasteiger partial charge in [0.25, 0.3) is 0 Å². The highest BCUT2D eigenvalue weighted by Crippen LogP contribution is 2.20. The predicted octanol–water partition coefficient (Wildman–Crippen LogP) is 3.07. The van der Waals surface area contributed by atoms with E-state index in [0.29, 0.717) is 12.3 Å². The molecule has 2 rings (SSSR count). The number of piperidine rings is 1. The minimum absolute atomic E-state index is 0. The van der Waals surface area contributed by atoms with Crippen molar-refractivity contribution in [1.82, 2.24) is 10.6 Å². The van der Waals surface area contributed by atoms with Crippen LogP contribution in [-0.4, -0.2) is 26.1 Å². The van der Waals surface area contributed by atoms with Crippen LogP contribution in [0.4, 0.5) is 0 Å². The van der Waals surface area contributed by atoms with Gasteiger partial charge in [-0.1, -0.05) is 12.1 Å². The summed E-state index contributed by atoms with van der Waals surface area (Å²) in [6.45, 7) is 4.19. The lowest BCUT2D eigenvalue weighted by molar-refractivity contribution is -0.122. The molecular formula is C17H27ClN2O2. The first-order chi connectivity index (χ1) is 10.2. The van der Waals surface area contributed by atoms with Crippen LogP contribution in [0.2, 0.25) is 0 Å². The molecule has 1 saturated heterocycles. The fraction of sp³-hybridized carbons (Fsp3) is 0.588. The zero-order chi connectivity index (χ0) is 15.1. The van der Waals surface area contributed by atoms with Crippen LogP contribution in [0.25, 0.3) is 0 Å². The summed E-state index contributed by atoms with van der Waals surface area (Å²) in [5, 5.41) is 6.43. The number of nitrogens with one attached hydrogen (secondary N) is 2. The van der Waals surface area contributed by atoms with Gasteiger partial charge in [-0.3, -0.25) is 4.79 Å². The molecule has 1 aromatic rings. The van der Waals surface area contributed by atoms with Gasteiger partial charge >= 0.3 is 0 Å². The molecule has 0 aliphatic carbocycles. The number of rotatable bonds is 6. The number of carbonyl (C=O) groups excluding carboxylic acids is 1. The molecule has 124 valence electrons. The van der Waals surface area contributed by atoms with Gasteiger partial charge < -0.3 is 15.4 Å². The third-order valence-corrected chi connectivity index (χ3v) is 4.21. The molecular weight excluding hydrogens is 300 g/mol. The lowest BCUT2D eigenvalue weighted by Gasteiger charge is -2.22. The molecule has 1 fully saturated rings. The average Bonchev–Trinajstić information content (AvgIpc) is 2.54. The highest BCUT2D eigenvalue weighted by Gasteiger charge is 2.16. The van der Waals surface area contributed by atoms with E-state index in [4.69, 9.17) is 4.74 Å². The summed E-state index contributed by atoms with van der Waals surface area (Å²) in [7, 11) is 1.65. The van der Waals surface area contributed by atoms with E-state index in [0.717, 1.165) is 30.8 Å². The SMILES string of the molecule is COc1cccc(C(C)NC(=O)CCC2CCNCC2)c1.Cl. The normalized spacial score (nSPS) is 16.5. The zero-order valence-corrected chi connectivity index (χ0v) is 14.2. The molecule has 1 aliphatic rings. The molecule has 1 amide bonds. The van der Waals surface area contributed by atoms with E-state index in [9.17, 15) is 4.79 Å². The van der Waals surface area contributed by atoms with Crippen LogP contribution in [0.15, 0.2) is 24.3 Å². The maximum Gasteiger partial charge on any atom is 0.220 e. The van der Waals surface area contributed by atoms with Crippen molar-refractivity contribution < 1.29 is 9.53 Å². The van der Waals surface area contributed by atoms with Crippen molar-refractivity contribution in [2.75, 3.05) is 20.2 Å². The number of hydrogen-bond donors (Lipinski definition) is 2. The quantitative estimate of drug-likeness (QED) is 0.844. The highest BCUT2D eigenvalue weighted by molar-refractivity contribution is 5.85. The van der Waals surface area contributed by atoms with Crippen molar-refractivity contribution in [3.63, 3.8) is 0 Å². The number of carbonyl (C=O) groups is 1. The van der Waals surface area contributed by atoms with Crippen LogP contribution < -0.4 is 15.4 Å². The molecule has 0 radical (unpaired) electrons. The Morgan fingerprint density at radius 2 is 2.14 bits per heavy atom. The van der Waals surface area contributed by atoms with Crippen molar-refractivity contribution in [2.24, 2.45) is 5.92 Å². The number of amides is 1. The molecule has 0 bridgehead atoms. The summed E-state index contributed by atoms with van der Waals surface area (Å²) in [6.07, 6.45) is 4.01. The van der Waals surface area contributed by atoms with Gasteiger partial charge in [0.05, 0.1) is 13.2 Å². The minimum atomic E-state index is 0. The Bertz CT molecular complexity index is 462. The summed E-state index contributed by atoms with van der Waals surface area (Å²) in [5.41, 5.74) is 1.07. The molecule has 0 aromatic heterocycles. The van der Waals surface area contributed by atoms with Crippen molar-refractivity contribution in [3.05, 3.63) is 29.8 Å². The number of ether oxygens (including phenoxy) is 1. The van der Waals surface area contributed by atoms with E-state index in [-0.39, 0.29) is 24.4 Å². The van der Waals surface area contributed by atoms with Gasteiger partial charge in [0.1, 0.15) is 5.75 Å². The van der Waals surface area contributed by atoms with E-state index in [1.54, 1.807) is 7.11 Å². The van der Waals surface area contributed by atoms with E-state index >= 15 is 0 Å². The number of benzene rings is 1. The van der Waals surface area contributed by atoms with Crippen LogP contribution in [0.1, 0.15) is 44.2 Å². The molecule has 1 aromatic carbocycles. The number of halogens is 1. The predicted molar refractivity (Wildman–Crippen MR) is 91.6 cm³/mol. The molecule has 0 saturated carbocycles. The van der Waals surface area contributed by atoms with Crippen LogP contribution in [0, 0.1) is 5.92 Å². The van der Waals surface area contributed by atoms with E-state index in [1.807, 2.05) is 31.2 Å². The Morgan fingerprint density at radius 1 is 1.41 bits per heavy atom. The molecule has 1 heterocycles. The molecule has 2 N–H and O–H groups in total. The first kappa shape index (κ1) is 18.8. The summed E-state index contributed by atoms with van der Waals surface area (Å²) < 4.78 is 5.22. The second kappa shape index (κ2) is 9.70. The summed E-state index contributed by atoms with van der Waals surface area (Å²) in [6, 6.07) is 7.86. The Morgan fingerprint density at radius 3 is 2.82 bits per heavy atom. The third kappa shape index (κ3) is 5.85. The Hall–Kier alpha value is -1.26. The van der Waals surface area contributed by atoms with E-state index < -0.39 is 0 Å². The fourth-order valence-electron chi connectivity index (χ4n) is 2.81. The van der Waals surface area contributed by atoms with Crippen molar-refractivity contribution in [3.8, 4) is 5.75 Å². The van der Waals surface area contributed by atoms with E-state index in [2.05, 4.69) is 10.6 Å². The van der Waals surface area contributed by atoms with Crippen LogP contribution in [-0.2, 0) is 4.79 Å². The summed E-state index contributed by atoms with van der Waals surface area (Å²) in [4.78, 5) is 12.1. The van der Waals surface area contributed by atoms with Gasteiger partial charge in [0.15, 0.2) is 0 Å². The molecule has 1 aliphatic heterocycles. The standard InChI is InChI=1S/C17H26N2O2.ClH/c1-13(15-4-3-5-16(12-15)21-2)19-17(20)7-6-14-8-10-18-11-9-14;/h3-5,12-14,18H,6-11H2,1-2H3,(H,19,20);1H. The third-order valence-electron chi connectivity index (χ3n) is 4.21. The van der Waals surface area contributed by atoms with Crippen molar-refractivity contribution in [1.29, 1.82) is 0 Å². The van der Waals surface area contributed by atoms with Gasteiger partial charge in [-0.15, -0.1) is 12.4 Å². The lowest BCUT2D eigenvalue weighted by atomic mass is 9.93. The molecule has 4 nitrogen and oxygen atoms in total. The lowest BCUT2D eigenvalue weighted by Crippen LogP contribution is -2.30. The molecule has 0 spiro atoms. The maximum absolute atomic E-state index is 12.1. The van der Waals surface area contributed by atoms with Gasteiger partial charge in [0, 0.05) is 6.42 Å². The number of hydrogen-bond acceptors (Lipinski definition) is 3. The first-order valence-corrected chi connectivity index (χ1v) is 7.83. The maximum atomic E-state index is 12.1. The van der Waals surface area contributed by atoms with Crippen LogP contribution in [0.3, 0.4) is 0 Å². The highest BCUT2D eigenvalue weighted by atomic mass is 35.5. The van der Waals surface area contributed by atoms with Crippen LogP contribution >= 0.6 is 12.4 Å². The summed E-state index contributed by atoms with van der Waals surface area (Å²) in [5.74, 6) is 1.66. The van der Waals surface area contributed by atoms with Gasteiger partial charge in [0.2, 0.25) is 5.91 Å². The van der Waals surface area contributed by atoms with Gasteiger partial charge in [-0.25, -0.2) is 0 Å². The zero-order valence-electron chi connectivity index (χ0n) is 13.4. The van der Waals surface area contributed by atoms with E-state index in [1.165, 1.54) is 12.8 Å². The average molecular weight is 327 g/mol. The Balaban J connectivity index is 0.00000242. The smallest absolute Gasteiger partial charge is 0.220 e. The Kier molecular flexibility index (Phi) is 8.28. The fourth-order valence-corrected chi connectivity index (χ4v) is 2.81.